The normalized spacial score (nSPS) is 12.5. The number of anilines is 1. The van der Waals surface area contributed by atoms with E-state index in [1.165, 1.54) is 23.4 Å². The summed E-state index contributed by atoms with van der Waals surface area (Å²) in [6.07, 6.45) is 3.34. The molecule has 2 nitrogen and oxygen atoms in total. The van der Waals surface area contributed by atoms with Crippen molar-refractivity contribution in [1.29, 1.82) is 0 Å². The van der Waals surface area contributed by atoms with Crippen molar-refractivity contribution in [2.24, 2.45) is 5.73 Å². The third-order valence-corrected chi connectivity index (χ3v) is 4.47. The highest BCUT2D eigenvalue weighted by Crippen LogP contribution is 2.28. The molecule has 0 heterocycles. The zero-order chi connectivity index (χ0) is 12.8. The summed E-state index contributed by atoms with van der Waals surface area (Å²) >= 11 is 5.46. The van der Waals surface area contributed by atoms with Crippen LogP contribution in [0, 0.1) is 0 Å². The Bertz CT molecular complexity index is 357. The molecule has 1 aromatic rings. The van der Waals surface area contributed by atoms with Gasteiger partial charge in [0.15, 0.2) is 0 Å². The zero-order valence-corrected chi connectivity index (χ0v) is 13.1. The smallest absolute Gasteiger partial charge is 0.0422 e. The lowest BCUT2D eigenvalue weighted by molar-refractivity contribution is 0.666. The van der Waals surface area contributed by atoms with Crippen molar-refractivity contribution in [3.63, 3.8) is 0 Å². The van der Waals surface area contributed by atoms with Crippen LogP contribution in [0.1, 0.15) is 18.9 Å². The first-order valence-electron chi connectivity index (χ1n) is 5.81. The molecule has 0 amide bonds. The second kappa shape index (κ2) is 7.29. The van der Waals surface area contributed by atoms with Crippen molar-refractivity contribution in [3.8, 4) is 0 Å². The molecule has 1 atom stereocenters. The van der Waals surface area contributed by atoms with Crippen molar-refractivity contribution in [2.45, 2.75) is 25.9 Å². The maximum absolute atomic E-state index is 5.83. The van der Waals surface area contributed by atoms with Gasteiger partial charge in [-0.25, -0.2) is 0 Å². The minimum absolute atomic E-state index is 0.530. The van der Waals surface area contributed by atoms with Crippen LogP contribution >= 0.6 is 27.7 Å². The Morgan fingerprint density at radius 1 is 1.47 bits per heavy atom. The summed E-state index contributed by atoms with van der Waals surface area (Å²) in [6.45, 7) is 2.83. The average molecular weight is 317 g/mol. The molecule has 1 unspecified atom stereocenters. The number of benzene rings is 1. The molecule has 0 aliphatic heterocycles. The van der Waals surface area contributed by atoms with Crippen LogP contribution in [-0.2, 0) is 6.54 Å². The molecule has 0 fully saturated rings. The number of hydrogen-bond donors (Lipinski definition) is 1. The zero-order valence-electron chi connectivity index (χ0n) is 10.7. The van der Waals surface area contributed by atoms with Crippen LogP contribution in [0.25, 0.3) is 0 Å². The van der Waals surface area contributed by atoms with Crippen LogP contribution in [0.15, 0.2) is 22.7 Å². The largest absolute Gasteiger partial charge is 0.372 e. The van der Waals surface area contributed by atoms with E-state index in [2.05, 4.69) is 53.2 Å². The second-order valence-corrected chi connectivity index (χ2v) is 6.02. The van der Waals surface area contributed by atoms with Gasteiger partial charge in [-0.05, 0) is 37.5 Å². The van der Waals surface area contributed by atoms with Gasteiger partial charge in [-0.1, -0.05) is 22.0 Å². The average Bonchev–Trinajstić information content (AvgIpc) is 2.34. The predicted molar refractivity (Wildman–Crippen MR) is 82.9 cm³/mol. The van der Waals surface area contributed by atoms with Crippen LogP contribution in [-0.4, -0.2) is 25.1 Å². The first-order valence-corrected chi connectivity index (χ1v) is 7.99. The summed E-state index contributed by atoms with van der Waals surface area (Å²) in [4.78, 5) is 2.32. The van der Waals surface area contributed by atoms with Crippen LogP contribution < -0.4 is 10.6 Å². The molecule has 0 aliphatic carbocycles. The predicted octanol–water partition coefficient (Wildman–Crippen LogP) is 3.49. The van der Waals surface area contributed by atoms with Gasteiger partial charge in [-0.2, -0.15) is 11.8 Å². The quantitative estimate of drug-likeness (QED) is 0.871. The van der Waals surface area contributed by atoms with E-state index >= 15 is 0 Å². The lowest BCUT2D eigenvalue weighted by Gasteiger charge is -2.29. The summed E-state index contributed by atoms with van der Waals surface area (Å²) in [5, 5.41) is 0. The van der Waals surface area contributed by atoms with Crippen molar-refractivity contribution >= 4 is 33.4 Å². The fraction of sp³-hybridized carbons (Fsp3) is 0.538. The van der Waals surface area contributed by atoms with E-state index in [-0.39, 0.29) is 0 Å². The first-order chi connectivity index (χ1) is 8.11. The van der Waals surface area contributed by atoms with E-state index in [0.717, 1.165) is 4.47 Å². The van der Waals surface area contributed by atoms with E-state index in [1.54, 1.807) is 0 Å². The molecule has 1 aromatic carbocycles. The molecule has 0 aliphatic rings. The fourth-order valence-corrected chi connectivity index (χ4v) is 2.89. The number of hydrogen-bond acceptors (Lipinski definition) is 3. The van der Waals surface area contributed by atoms with Crippen molar-refractivity contribution in [2.75, 3.05) is 24.0 Å². The van der Waals surface area contributed by atoms with E-state index in [0.29, 0.717) is 12.6 Å². The van der Waals surface area contributed by atoms with Gasteiger partial charge in [0.05, 0.1) is 0 Å². The third kappa shape index (κ3) is 3.90. The topological polar surface area (TPSA) is 29.3 Å². The number of nitrogens with zero attached hydrogens (tertiary/aromatic N) is 1. The van der Waals surface area contributed by atoms with E-state index in [1.807, 2.05) is 17.8 Å². The molecule has 4 heteroatoms. The first kappa shape index (κ1) is 14.9. The van der Waals surface area contributed by atoms with Crippen LogP contribution in [0.5, 0.6) is 0 Å². The third-order valence-electron chi connectivity index (χ3n) is 3.08. The Labute approximate surface area is 117 Å². The molecular weight excluding hydrogens is 296 g/mol. The lowest BCUT2D eigenvalue weighted by Crippen LogP contribution is -2.30. The number of rotatable bonds is 6. The Balaban J connectivity index is 2.87. The van der Waals surface area contributed by atoms with Gasteiger partial charge in [-0.3, -0.25) is 0 Å². The SMILES string of the molecule is CSCCC(C)N(C)c1cccc(Br)c1CN. The van der Waals surface area contributed by atoms with Crippen LogP contribution in [0.3, 0.4) is 0 Å². The Morgan fingerprint density at radius 2 is 2.18 bits per heavy atom. The molecule has 0 saturated carbocycles. The minimum atomic E-state index is 0.530. The maximum Gasteiger partial charge on any atom is 0.0422 e. The highest BCUT2D eigenvalue weighted by Gasteiger charge is 2.14. The minimum Gasteiger partial charge on any atom is -0.372 e. The summed E-state index contributed by atoms with van der Waals surface area (Å²) < 4.78 is 1.10. The van der Waals surface area contributed by atoms with Gasteiger partial charge < -0.3 is 10.6 Å². The van der Waals surface area contributed by atoms with Gasteiger partial charge in [0.1, 0.15) is 0 Å². The van der Waals surface area contributed by atoms with Crippen molar-refractivity contribution < 1.29 is 0 Å². The van der Waals surface area contributed by atoms with Crippen LogP contribution in [0.4, 0.5) is 5.69 Å². The molecule has 2 N–H and O–H groups in total. The van der Waals surface area contributed by atoms with Gasteiger partial charge in [0.25, 0.3) is 0 Å². The van der Waals surface area contributed by atoms with Gasteiger partial charge in [0.2, 0.25) is 0 Å². The Hall–Kier alpha value is -0.190. The molecular formula is C13H21BrN2S. The van der Waals surface area contributed by atoms with E-state index < -0.39 is 0 Å². The number of nitrogens with two attached hydrogens (primary N) is 1. The summed E-state index contributed by atoms with van der Waals surface area (Å²) in [7, 11) is 2.14. The Kier molecular flexibility index (Phi) is 6.38. The molecule has 0 saturated heterocycles. The molecule has 0 aromatic heterocycles. The van der Waals surface area contributed by atoms with Gasteiger partial charge in [0, 0.05) is 35.4 Å². The molecule has 1 rings (SSSR count). The summed E-state index contributed by atoms with van der Waals surface area (Å²) in [5.41, 5.74) is 8.25. The fourth-order valence-electron chi connectivity index (χ4n) is 1.80. The highest BCUT2D eigenvalue weighted by molar-refractivity contribution is 9.10. The van der Waals surface area contributed by atoms with Gasteiger partial charge >= 0.3 is 0 Å². The van der Waals surface area contributed by atoms with Crippen molar-refractivity contribution in [1.82, 2.24) is 0 Å². The molecule has 17 heavy (non-hydrogen) atoms. The summed E-state index contributed by atoms with van der Waals surface area (Å²) in [5.74, 6) is 1.19. The van der Waals surface area contributed by atoms with Gasteiger partial charge in [-0.15, -0.1) is 0 Å². The molecule has 96 valence electrons. The summed E-state index contributed by atoms with van der Waals surface area (Å²) in [6, 6.07) is 6.78. The maximum atomic E-state index is 5.83. The molecule has 0 spiro atoms. The van der Waals surface area contributed by atoms with E-state index in [9.17, 15) is 0 Å². The Morgan fingerprint density at radius 3 is 2.76 bits per heavy atom. The molecule has 0 radical (unpaired) electrons. The van der Waals surface area contributed by atoms with Crippen molar-refractivity contribution in [3.05, 3.63) is 28.2 Å². The van der Waals surface area contributed by atoms with Crippen LogP contribution in [0.2, 0.25) is 0 Å². The number of thioether (sulfide) groups is 1. The van der Waals surface area contributed by atoms with E-state index in [4.69, 9.17) is 5.73 Å². The monoisotopic (exact) mass is 316 g/mol. The highest BCUT2D eigenvalue weighted by atomic mass is 79.9. The molecule has 0 bridgehead atoms. The standard InChI is InChI=1S/C13H21BrN2S/c1-10(7-8-17-3)16(2)13-6-4-5-12(14)11(13)9-15/h4-6,10H,7-9,15H2,1-3H3. The number of halogens is 1. The second-order valence-electron chi connectivity index (χ2n) is 4.18. The lowest BCUT2D eigenvalue weighted by atomic mass is 10.1.